The van der Waals surface area contributed by atoms with Gasteiger partial charge in [0.25, 0.3) is 0 Å². The number of ether oxygens (including phenoxy) is 3. The molecule has 1 aliphatic rings. The van der Waals surface area contributed by atoms with Gasteiger partial charge in [0, 0.05) is 5.75 Å². The molecule has 1 rings (SSSR count). The number of hydrogen-bond acceptors (Lipinski definition) is 8. The summed E-state index contributed by atoms with van der Waals surface area (Å²) in [5.74, 6) is 0.187. The smallest absolute Gasteiger partial charge is 0.464 e. The first kappa shape index (κ1) is 13.5. The number of rotatable bonds is 5. The quantitative estimate of drug-likeness (QED) is 0.341. The van der Waals surface area contributed by atoms with Crippen molar-refractivity contribution < 1.29 is 23.8 Å². The molecule has 1 aliphatic heterocycles. The Hall–Kier alpha value is -0.600. The van der Waals surface area contributed by atoms with E-state index in [0.29, 0.717) is 5.75 Å². The van der Waals surface area contributed by atoms with Crippen LogP contribution in [0.3, 0.4) is 0 Å². The van der Waals surface area contributed by atoms with E-state index in [-0.39, 0.29) is 19.8 Å². The lowest BCUT2D eigenvalue weighted by molar-refractivity contribution is -0.165. The van der Waals surface area contributed by atoms with E-state index in [4.69, 9.17) is 9.88 Å². The van der Waals surface area contributed by atoms with Crippen LogP contribution in [0.5, 0.6) is 0 Å². The van der Waals surface area contributed by atoms with Crippen molar-refractivity contribution in [1.29, 1.82) is 0 Å². The Morgan fingerprint density at radius 2 is 2.19 bits per heavy atom. The summed E-state index contributed by atoms with van der Waals surface area (Å²) >= 11 is 0. The second-order valence-electron chi connectivity index (χ2n) is 3.44. The number of nitrogens with two attached hydrogens (primary N) is 1. The molecule has 0 aromatic heterocycles. The fourth-order valence-electron chi connectivity index (χ4n) is 1.03. The maximum absolute atomic E-state index is 11.6. The first-order chi connectivity index (χ1) is 7.58. The predicted octanol–water partition coefficient (Wildman–Crippen LogP) is 0.958. The highest BCUT2D eigenvalue weighted by Crippen LogP contribution is 2.24. The van der Waals surface area contributed by atoms with E-state index in [0.717, 1.165) is 11.0 Å². The minimum absolute atomic E-state index is 0.0105. The highest BCUT2D eigenvalue weighted by atomic mass is 33.1. The van der Waals surface area contributed by atoms with Crippen molar-refractivity contribution in [2.75, 3.05) is 25.6 Å². The van der Waals surface area contributed by atoms with Crippen LogP contribution < -0.4 is 5.14 Å². The predicted molar refractivity (Wildman–Crippen MR) is 60.6 cm³/mol. The summed E-state index contributed by atoms with van der Waals surface area (Å²) in [5, 5.41) is 5.19. The largest absolute Gasteiger partial charge is 0.508 e. The molecule has 16 heavy (non-hydrogen) atoms. The van der Waals surface area contributed by atoms with Crippen LogP contribution in [0, 0.1) is 5.41 Å². The molecule has 0 atom stereocenters. The van der Waals surface area contributed by atoms with Crippen LogP contribution in [0.2, 0.25) is 0 Å². The van der Waals surface area contributed by atoms with Crippen LogP contribution in [0.1, 0.15) is 6.92 Å². The molecule has 92 valence electrons. The van der Waals surface area contributed by atoms with Crippen molar-refractivity contribution in [2.45, 2.75) is 6.92 Å². The Labute approximate surface area is 101 Å². The lowest BCUT2D eigenvalue weighted by Crippen LogP contribution is -2.44. The fourth-order valence-corrected chi connectivity index (χ4v) is 1.77. The zero-order chi connectivity index (χ0) is 12.0. The van der Waals surface area contributed by atoms with Gasteiger partial charge < -0.3 is 14.2 Å². The molecule has 1 heterocycles. The summed E-state index contributed by atoms with van der Waals surface area (Å²) in [7, 11) is 2.52. The monoisotopic (exact) mass is 267 g/mol. The molecule has 0 amide bonds. The van der Waals surface area contributed by atoms with Gasteiger partial charge in [-0.05, 0) is 17.9 Å². The molecule has 1 fully saturated rings. The Morgan fingerprint density at radius 3 is 2.75 bits per heavy atom. The number of carbonyl (C=O) groups is 2. The zero-order valence-corrected chi connectivity index (χ0v) is 10.4. The molecule has 0 aliphatic carbocycles. The van der Waals surface area contributed by atoms with Crippen LogP contribution in [0.25, 0.3) is 0 Å². The SMILES string of the molecule is CC1(C(=O)OCCSSN)COC(=O)OC1. The second-order valence-corrected chi connectivity index (χ2v) is 5.56. The molecule has 0 spiro atoms. The van der Waals surface area contributed by atoms with Gasteiger partial charge in [-0.1, -0.05) is 10.8 Å². The Morgan fingerprint density at radius 1 is 1.56 bits per heavy atom. The lowest BCUT2D eigenvalue weighted by Gasteiger charge is -2.29. The van der Waals surface area contributed by atoms with Crippen molar-refractivity contribution in [3.8, 4) is 0 Å². The van der Waals surface area contributed by atoms with E-state index in [9.17, 15) is 9.59 Å². The van der Waals surface area contributed by atoms with E-state index in [1.807, 2.05) is 0 Å². The second kappa shape index (κ2) is 6.21. The van der Waals surface area contributed by atoms with E-state index in [1.165, 1.54) is 10.8 Å². The average molecular weight is 267 g/mol. The number of hydrogen-bond donors (Lipinski definition) is 1. The minimum atomic E-state index is -0.908. The summed E-state index contributed by atoms with van der Waals surface area (Å²) in [6, 6.07) is 0. The van der Waals surface area contributed by atoms with Crippen LogP contribution in [0.15, 0.2) is 0 Å². The molecule has 0 bridgehead atoms. The van der Waals surface area contributed by atoms with Gasteiger partial charge in [-0.2, -0.15) is 0 Å². The van der Waals surface area contributed by atoms with Gasteiger partial charge in [-0.25, -0.2) is 4.79 Å². The fraction of sp³-hybridized carbons (Fsp3) is 0.750. The van der Waals surface area contributed by atoms with Crippen LogP contribution in [0.4, 0.5) is 4.79 Å². The van der Waals surface area contributed by atoms with Crippen molar-refractivity contribution in [1.82, 2.24) is 0 Å². The molecule has 2 N–H and O–H groups in total. The van der Waals surface area contributed by atoms with Gasteiger partial charge >= 0.3 is 12.1 Å². The van der Waals surface area contributed by atoms with Crippen molar-refractivity contribution >= 4 is 33.9 Å². The topological polar surface area (TPSA) is 87.9 Å². The summed E-state index contributed by atoms with van der Waals surface area (Å²) in [4.78, 5) is 22.3. The summed E-state index contributed by atoms with van der Waals surface area (Å²) < 4.78 is 14.3. The van der Waals surface area contributed by atoms with Gasteiger partial charge in [0.05, 0.1) is 0 Å². The van der Waals surface area contributed by atoms with Crippen LogP contribution >= 0.6 is 21.8 Å². The van der Waals surface area contributed by atoms with E-state index in [2.05, 4.69) is 9.47 Å². The maximum atomic E-state index is 11.6. The molecular weight excluding hydrogens is 254 g/mol. The van der Waals surface area contributed by atoms with Gasteiger partial charge in [-0.15, -0.1) is 0 Å². The number of cyclic esters (lactones) is 2. The molecular formula is C8H13NO5S2. The highest BCUT2D eigenvalue weighted by molar-refractivity contribution is 8.75. The first-order valence-corrected chi connectivity index (χ1v) is 6.92. The normalized spacial score (nSPS) is 18.5. The first-order valence-electron chi connectivity index (χ1n) is 4.53. The standard InChI is InChI=1S/C8H13NO5S2/c1-8(4-13-7(11)14-5-8)6(10)12-2-3-15-16-9/h2-5,9H2,1H3. The molecule has 1 saturated heterocycles. The van der Waals surface area contributed by atoms with Gasteiger partial charge in [0.1, 0.15) is 25.2 Å². The van der Waals surface area contributed by atoms with Gasteiger partial charge in [0.2, 0.25) is 0 Å². The van der Waals surface area contributed by atoms with E-state index >= 15 is 0 Å². The summed E-state index contributed by atoms with van der Waals surface area (Å²) in [5.41, 5.74) is -0.908. The summed E-state index contributed by atoms with van der Waals surface area (Å²) in [6.07, 6.45) is -0.750. The van der Waals surface area contributed by atoms with Gasteiger partial charge in [-0.3, -0.25) is 9.93 Å². The van der Waals surface area contributed by atoms with Crippen LogP contribution in [-0.2, 0) is 19.0 Å². The number of carbonyl (C=O) groups excluding carboxylic acids is 2. The molecule has 0 radical (unpaired) electrons. The molecule has 6 nitrogen and oxygen atoms in total. The molecule has 0 unspecified atom stereocenters. The third-order valence-corrected chi connectivity index (χ3v) is 3.36. The summed E-state index contributed by atoms with van der Waals surface area (Å²) in [6.45, 7) is 1.89. The molecule has 0 aromatic rings. The number of esters is 1. The third kappa shape index (κ3) is 3.76. The average Bonchev–Trinajstić information content (AvgIpc) is 2.28. The highest BCUT2D eigenvalue weighted by Gasteiger charge is 2.41. The van der Waals surface area contributed by atoms with Gasteiger partial charge in [0.15, 0.2) is 0 Å². The third-order valence-electron chi connectivity index (χ3n) is 1.98. The Bertz CT molecular complexity index is 263. The van der Waals surface area contributed by atoms with Crippen molar-refractivity contribution in [2.24, 2.45) is 10.6 Å². The lowest BCUT2D eigenvalue weighted by atomic mass is 9.93. The Kier molecular flexibility index (Phi) is 5.23. The molecule has 0 saturated carbocycles. The Balaban J connectivity index is 2.32. The van der Waals surface area contributed by atoms with E-state index < -0.39 is 17.5 Å². The molecule has 0 aromatic carbocycles. The van der Waals surface area contributed by atoms with Crippen molar-refractivity contribution in [3.05, 3.63) is 0 Å². The van der Waals surface area contributed by atoms with Crippen molar-refractivity contribution in [3.63, 3.8) is 0 Å². The van der Waals surface area contributed by atoms with E-state index in [1.54, 1.807) is 6.92 Å². The maximum Gasteiger partial charge on any atom is 0.508 e. The zero-order valence-electron chi connectivity index (χ0n) is 8.76. The molecule has 8 heteroatoms. The van der Waals surface area contributed by atoms with Crippen LogP contribution in [-0.4, -0.2) is 37.7 Å². The minimum Gasteiger partial charge on any atom is -0.464 e.